The number of anilines is 2. The molecule has 0 spiro atoms. The summed E-state index contributed by atoms with van der Waals surface area (Å²) >= 11 is 0. The number of ether oxygens (including phenoxy) is 1. The molecule has 0 amide bonds. The first-order valence-electron chi connectivity index (χ1n) is 9.94. The van der Waals surface area contributed by atoms with E-state index >= 15 is 0 Å². The van der Waals surface area contributed by atoms with E-state index < -0.39 is 0 Å². The number of aromatic nitrogens is 2. The van der Waals surface area contributed by atoms with Crippen LogP contribution in [0.3, 0.4) is 0 Å². The molecule has 3 aromatic rings. The normalized spacial score (nSPS) is 16.1. The van der Waals surface area contributed by atoms with Gasteiger partial charge >= 0.3 is 0 Å². The average molecular weight is 374 g/mol. The number of rotatable bonds is 8. The van der Waals surface area contributed by atoms with E-state index in [0.717, 1.165) is 56.0 Å². The molecular formula is C23H26N4O. The van der Waals surface area contributed by atoms with Crippen LogP contribution in [0.25, 0.3) is 11.3 Å². The van der Waals surface area contributed by atoms with Crippen molar-refractivity contribution in [3.05, 3.63) is 72.3 Å². The van der Waals surface area contributed by atoms with Crippen LogP contribution in [-0.2, 0) is 11.2 Å². The van der Waals surface area contributed by atoms with Crippen LogP contribution in [0.15, 0.2) is 66.7 Å². The summed E-state index contributed by atoms with van der Waals surface area (Å²) in [5.41, 5.74) is 3.29. The number of nitrogens with zero attached hydrogens (tertiary/aromatic N) is 2. The van der Waals surface area contributed by atoms with Crippen molar-refractivity contribution in [2.24, 2.45) is 0 Å². The highest BCUT2D eigenvalue weighted by Crippen LogP contribution is 2.22. The van der Waals surface area contributed by atoms with Gasteiger partial charge in [-0.3, -0.25) is 0 Å². The Morgan fingerprint density at radius 1 is 0.929 bits per heavy atom. The molecule has 144 valence electrons. The first-order chi connectivity index (χ1) is 13.9. The van der Waals surface area contributed by atoms with Crippen LogP contribution in [0, 0.1) is 0 Å². The molecule has 1 aromatic heterocycles. The van der Waals surface area contributed by atoms with Gasteiger partial charge in [-0.05, 0) is 24.8 Å². The summed E-state index contributed by atoms with van der Waals surface area (Å²) in [4.78, 5) is 9.38. The third kappa shape index (κ3) is 5.08. The van der Waals surface area contributed by atoms with Crippen molar-refractivity contribution in [2.45, 2.75) is 25.4 Å². The summed E-state index contributed by atoms with van der Waals surface area (Å²) in [6, 6.07) is 22.7. The van der Waals surface area contributed by atoms with E-state index in [1.807, 2.05) is 30.3 Å². The lowest BCUT2D eigenvalue weighted by atomic mass is 10.1. The fourth-order valence-corrected chi connectivity index (χ4v) is 3.36. The highest BCUT2D eigenvalue weighted by atomic mass is 16.5. The lowest BCUT2D eigenvalue weighted by Gasteiger charge is -2.14. The molecule has 1 saturated heterocycles. The molecule has 1 unspecified atom stereocenters. The summed E-state index contributed by atoms with van der Waals surface area (Å²) in [5, 5.41) is 6.81. The summed E-state index contributed by atoms with van der Waals surface area (Å²) in [5.74, 6) is 1.47. The van der Waals surface area contributed by atoms with E-state index in [1.165, 1.54) is 5.56 Å². The highest BCUT2D eigenvalue weighted by Gasteiger charge is 2.15. The van der Waals surface area contributed by atoms with E-state index in [2.05, 4.69) is 52.0 Å². The number of hydrogen-bond acceptors (Lipinski definition) is 5. The second-order valence-corrected chi connectivity index (χ2v) is 7.01. The molecule has 28 heavy (non-hydrogen) atoms. The van der Waals surface area contributed by atoms with Gasteiger partial charge in [0.2, 0.25) is 5.95 Å². The van der Waals surface area contributed by atoms with E-state index in [1.54, 1.807) is 0 Å². The molecule has 0 radical (unpaired) electrons. The molecule has 1 aliphatic rings. The van der Waals surface area contributed by atoms with Crippen LogP contribution < -0.4 is 10.6 Å². The Balaban J connectivity index is 1.47. The summed E-state index contributed by atoms with van der Waals surface area (Å²) in [6.45, 7) is 2.42. The van der Waals surface area contributed by atoms with Gasteiger partial charge in [0.25, 0.3) is 0 Å². The first kappa shape index (κ1) is 18.4. The van der Waals surface area contributed by atoms with Crippen LogP contribution in [0.2, 0.25) is 0 Å². The van der Waals surface area contributed by atoms with Gasteiger partial charge in [-0.15, -0.1) is 0 Å². The minimum Gasteiger partial charge on any atom is -0.376 e. The lowest BCUT2D eigenvalue weighted by Crippen LogP contribution is -2.19. The Morgan fingerprint density at radius 3 is 2.46 bits per heavy atom. The van der Waals surface area contributed by atoms with Crippen molar-refractivity contribution in [1.82, 2.24) is 9.97 Å². The third-order valence-electron chi connectivity index (χ3n) is 4.87. The van der Waals surface area contributed by atoms with Gasteiger partial charge in [0.15, 0.2) is 0 Å². The first-order valence-corrected chi connectivity index (χ1v) is 9.94. The van der Waals surface area contributed by atoms with Crippen molar-refractivity contribution in [1.29, 1.82) is 0 Å². The predicted molar refractivity (Wildman–Crippen MR) is 114 cm³/mol. The van der Waals surface area contributed by atoms with E-state index in [9.17, 15) is 0 Å². The minimum atomic E-state index is 0.268. The minimum absolute atomic E-state index is 0.268. The standard InChI is InChI=1S/C23H26N4O/c1-3-8-18(9-4-1)13-14-24-23-26-21(19-10-5-2-6-11-19)16-22(27-23)25-17-20-12-7-15-28-20/h1-6,8-11,16,20H,7,12-15,17H2,(H2,24,25,26,27). The van der Waals surface area contributed by atoms with Crippen LogP contribution in [0.1, 0.15) is 18.4 Å². The molecule has 1 atom stereocenters. The van der Waals surface area contributed by atoms with Crippen molar-refractivity contribution < 1.29 is 4.74 Å². The largest absolute Gasteiger partial charge is 0.376 e. The fraction of sp³-hybridized carbons (Fsp3) is 0.304. The zero-order valence-electron chi connectivity index (χ0n) is 16.0. The molecule has 0 saturated carbocycles. The molecule has 2 N–H and O–H groups in total. The van der Waals surface area contributed by atoms with Crippen LogP contribution >= 0.6 is 0 Å². The molecule has 2 heterocycles. The Bertz CT molecular complexity index is 864. The topological polar surface area (TPSA) is 59.1 Å². The maximum atomic E-state index is 5.71. The molecule has 1 fully saturated rings. The quantitative estimate of drug-likeness (QED) is 0.612. The maximum absolute atomic E-state index is 5.71. The summed E-state index contributed by atoms with van der Waals surface area (Å²) in [7, 11) is 0. The van der Waals surface area contributed by atoms with Gasteiger partial charge in [-0.1, -0.05) is 60.7 Å². The predicted octanol–water partition coefficient (Wildman–Crippen LogP) is 4.39. The lowest BCUT2D eigenvalue weighted by molar-refractivity contribution is 0.120. The number of hydrogen-bond donors (Lipinski definition) is 2. The van der Waals surface area contributed by atoms with Gasteiger partial charge in [0.1, 0.15) is 5.82 Å². The van der Waals surface area contributed by atoms with Crippen molar-refractivity contribution in [3.63, 3.8) is 0 Å². The zero-order valence-corrected chi connectivity index (χ0v) is 16.0. The molecule has 5 heteroatoms. The SMILES string of the molecule is c1ccc(CCNc2nc(NCC3CCCO3)cc(-c3ccccc3)n2)cc1. The van der Waals surface area contributed by atoms with Crippen LogP contribution in [0.4, 0.5) is 11.8 Å². The smallest absolute Gasteiger partial charge is 0.225 e. The molecular weight excluding hydrogens is 348 g/mol. The summed E-state index contributed by atoms with van der Waals surface area (Å²) in [6.07, 6.45) is 3.44. The van der Waals surface area contributed by atoms with Crippen molar-refractivity contribution >= 4 is 11.8 Å². The fourth-order valence-electron chi connectivity index (χ4n) is 3.36. The summed E-state index contributed by atoms with van der Waals surface area (Å²) < 4.78 is 5.71. The van der Waals surface area contributed by atoms with Gasteiger partial charge in [-0.25, -0.2) is 4.98 Å². The highest BCUT2D eigenvalue weighted by molar-refractivity contribution is 5.64. The second-order valence-electron chi connectivity index (χ2n) is 7.01. The van der Waals surface area contributed by atoms with Crippen LogP contribution in [-0.4, -0.2) is 35.8 Å². The zero-order chi connectivity index (χ0) is 19.0. The van der Waals surface area contributed by atoms with Crippen LogP contribution in [0.5, 0.6) is 0 Å². The second kappa shape index (κ2) is 9.33. The number of nitrogens with one attached hydrogen (secondary N) is 2. The van der Waals surface area contributed by atoms with Gasteiger partial charge < -0.3 is 15.4 Å². The maximum Gasteiger partial charge on any atom is 0.225 e. The Labute approximate surface area is 166 Å². The molecule has 4 rings (SSSR count). The molecule has 5 nitrogen and oxygen atoms in total. The van der Waals surface area contributed by atoms with Gasteiger partial charge in [-0.2, -0.15) is 4.98 Å². The molecule has 2 aromatic carbocycles. The molecule has 1 aliphatic heterocycles. The Morgan fingerprint density at radius 2 is 1.71 bits per heavy atom. The van der Waals surface area contributed by atoms with E-state index in [0.29, 0.717) is 5.95 Å². The van der Waals surface area contributed by atoms with E-state index in [4.69, 9.17) is 9.72 Å². The number of benzene rings is 2. The van der Waals surface area contributed by atoms with Crippen molar-refractivity contribution in [2.75, 3.05) is 30.3 Å². The van der Waals surface area contributed by atoms with Gasteiger partial charge in [0.05, 0.1) is 11.8 Å². The van der Waals surface area contributed by atoms with Crippen molar-refractivity contribution in [3.8, 4) is 11.3 Å². The third-order valence-corrected chi connectivity index (χ3v) is 4.87. The monoisotopic (exact) mass is 374 g/mol. The average Bonchev–Trinajstić information content (AvgIpc) is 3.27. The van der Waals surface area contributed by atoms with Gasteiger partial charge in [0, 0.05) is 31.3 Å². The molecule has 0 aliphatic carbocycles. The molecule has 0 bridgehead atoms. The Kier molecular flexibility index (Phi) is 6.15. The Hall–Kier alpha value is -2.92. The van der Waals surface area contributed by atoms with E-state index in [-0.39, 0.29) is 6.10 Å².